The van der Waals surface area contributed by atoms with Crippen LogP contribution in [-0.2, 0) is 14.3 Å². The van der Waals surface area contributed by atoms with Gasteiger partial charge < -0.3 is 25.4 Å². The van der Waals surface area contributed by atoms with Crippen molar-refractivity contribution in [3.8, 4) is 5.75 Å². The van der Waals surface area contributed by atoms with Crippen LogP contribution in [0.2, 0.25) is 0 Å². The van der Waals surface area contributed by atoms with E-state index in [1.54, 1.807) is 51.1 Å². The summed E-state index contributed by atoms with van der Waals surface area (Å²) in [5.74, 6) is -0.542. The molecule has 0 radical (unpaired) electrons. The van der Waals surface area contributed by atoms with Gasteiger partial charge in [-0.25, -0.2) is 4.79 Å². The Morgan fingerprint density at radius 2 is 1.78 bits per heavy atom. The molecule has 2 aromatic carbocycles. The van der Waals surface area contributed by atoms with E-state index in [1.807, 2.05) is 25.3 Å². The summed E-state index contributed by atoms with van der Waals surface area (Å²) >= 11 is 1.53. The van der Waals surface area contributed by atoms with Gasteiger partial charge in [-0.15, -0.1) is 6.58 Å². The van der Waals surface area contributed by atoms with Crippen molar-refractivity contribution in [3.63, 3.8) is 0 Å². The molecule has 0 aliphatic heterocycles. The van der Waals surface area contributed by atoms with Crippen LogP contribution in [0.3, 0.4) is 0 Å². The number of aryl methyl sites for hydroxylation is 1. The maximum absolute atomic E-state index is 13.9. The number of nitrogens with zero attached hydrogens (tertiary/aromatic N) is 1. The number of ether oxygens (including phenoxy) is 1. The minimum absolute atomic E-state index is 0.00475. The van der Waals surface area contributed by atoms with E-state index in [2.05, 4.69) is 17.2 Å². The number of amides is 3. The van der Waals surface area contributed by atoms with Crippen molar-refractivity contribution in [1.82, 2.24) is 10.2 Å². The van der Waals surface area contributed by atoms with Crippen molar-refractivity contribution in [2.24, 2.45) is 0 Å². The van der Waals surface area contributed by atoms with E-state index in [1.165, 1.54) is 28.8 Å². The lowest BCUT2D eigenvalue weighted by Gasteiger charge is -2.34. The SMILES string of the molecule is C=CCN(C(=O)C(CCSC)NC(=O)OC(C)(C)C)C(C(=O)Nc1ccccc1C)c1ccccc1O. The summed E-state index contributed by atoms with van der Waals surface area (Å²) in [7, 11) is 0. The second-order valence-electron chi connectivity index (χ2n) is 9.53. The predicted octanol–water partition coefficient (Wildman–Crippen LogP) is 5.04. The van der Waals surface area contributed by atoms with Gasteiger partial charge in [-0.2, -0.15) is 11.8 Å². The Bertz CT molecular complexity index is 1100. The lowest BCUT2D eigenvalue weighted by molar-refractivity contribution is -0.140. The summed E-state index contributed by atoms with van der Waals surface area (Å²) in [6, 6.07) is 11.5. The Balaban J connectivity index is 2.50. The molecule has 0 aliphatic rings. The molecule has 0 bridgehead atoms. The molecule has 0 saturated carbocycles. The van der Waals surface area contributed by atoms with Crippen molar-refractivity contribution in [3.05, 3.63) is 72.3 Å². The third-order valence-corrected chi connectivity index (χ3v) is 6.05. The fourth-order valence-electron chi connectivity index (χ4n) is 3.69. The Labute approximate surface area is 223 Å². The number of carbonyl (C=O) groups is 3. The third-order valence-electron chi connectivity index (χ3n) is 5.40. The number of aromatic hydroxyl groups is 1. The highest BCUT2D eigenvalue weighted by atomic mass is 32.2. The van der Waals surface area contributed by atoms with Gasteiger partial charge in [0, 0.05) is 17.8 Å². The van der Waals surface area contributed by atoms with Crippen molar-refractivity contribution >= 4 is 35.4 Å². The number of rotatable bonds is 11. The molecule has 2 atom stereocenters. The van der Waals surface area contributed by atoms with E-state index >= 15 is 0 Å². The lowest BCUT2D eigenvalue weighted by atomic mass is 10.0. The van der Waals surface area contributed by atoms with Crippen molar-refractivity contribution in [2.75, 3.05) is 23.9 Å². The van der Waals surface area contributed by atoms with Gasteiger partial charge in [0.25, 0.3) is 5.91 Å². The number of anilines is 1. The zero-order chi connectivity index (χ0) is 27.6. The highest BCUT2D eigenvalue weighted by Gasteiger charge is 2.37. The van der Waals surface area contributed by atoms with Crippen LogP contribution in [0.15, 0.2) is 61.2 Å². The minimum Gasteiger partial charge on any atom is -0.508 e. The first-order valence-electron chi connectivity index (χ1n) is 12.0. The van der Waals surface area contributed by atoms with Crippen LogP contribution in [0.25, 0.3) is 0 Å². The van der Waals surface area contributed by atoms with Gasteiger partial charge in [-0.3, -0.25) is 9.59 Å². The number of carbonyl (C=O) groups excluding carboxylic acids is 3. The van der Waals surface area contributed by atoms with Crippen LogP contribution in [-0.4, -0.2) is 58.1 Å². The first kappa shape index (κ1) is 29.8. The quantitative estimate of drug-likeness (QED) is 0.353. The summed E-state index contributed by atoms with van der Waals surface area (Å²) in [5, 5.41) is 16.2. The van der Waals surface area contributed by atoms with Gasteiger partial charge >= 0.3 is 6.09 Å². The standard InChI is InChI=1S/C28H37N3O5S/c1-7-17-31(26(34)22(16-18-37-6)30-27(35)36-28(3,4)5)24(20-13-9-11-15-23(20)32)25(33)29-21-14-10-8-12-19(21)2/h7-15,22,24,32H,1,16-18H2,2-6H3,(H,29,33)(H,30,35). The maximum atomic E-state index is 13.9. The van der Waals surface area contributed by atoms with Crippen LogP contribution in [0.1, 0.15) is 44.4 Å². The molecular weight excluding hydrogens is 490 g/mol. The largest absolute Gasteiger partial charge is 0.508 e. The molecule has 0 aliphatic carbocycles. The first-order chi connectivity index (χ1) is 17.5. The zero-order valence-corrected chi connectivity index (χ0v) is 22.9. The summed E-state index contributed by atoms with van der Waals surface area (Å²) in [5.41, 5.74) is 0.941. The molecule has 2 aromatic rings. The van der Waals surface area contributed by atoms with Crippen LogP contribution >= 0.6 is 11.8 Å². The topological polar surface area (TPSA) is 108 Å². The van der Waals surface area contributed by atoms with Crippen molar-refractivity contribution in [2.45, 2.75) is 51.8 Å². The lowest BCUT2D eigenvalue weighted by Crippen LogP contribution is -2.52. The second kappa shape index (κ2) is 13.7. The number of phenolic OH excluding ortho intramolecular Hbond substituents is 1. The number of hydrogen-bond acceptors (Lipinski definition) is 6. The smallest absolute Gasteiger partial charge is 0.408 e. The van der Waals surface area contributed by atoms with E-state index in [0.29, 0.717) is 17.9 Å². The molecule has 0 aromatic heterocycles. The van der Waals surface area contributed by atoms with E-state index in [-0.39, 0.29) is 17.9 Å². The fraction of sp³-hybridized carbons (Fsp3) is 0.393. The van der Waals surface area contributed by atoms with Gasteiger partial charge in [0.1, 0.15) is 23.4 Å². The molecule has 0 saturated heterocycles. The number of para-hydroxylation sites is 2. The summed E-state index contributed by atoms with van der Waals surface area (Å²) in [4.78, 5) is 41.5. The number of phenols is 1. The van der Waals surface area contributed by atoms with Crippen LogP contribution < -0.4 is 10.6 Å². The Hall–Kier alpha value is -3.46. The minimum atomic E-state index is -1.19. The molecule has 200 valence electrons. The van der Waals surface area contributed by atoms with Crippen LogP contribution in [0.5, 0.6) is 5.75 Å². The molecule has 0 spiro atoms. The molecule has 2 rings (SSSR count). The highest BCUT2D eigenvalue weighted by Crippen LogP contribution is 2.31. The number of thioether (sulfide) groups is 1. The average molecular weight is 528 g/mol. The van der Waals surface area contributed by atoms with Gasteiger partial charge in [-0.05, 0) is 63.8 Å². The Morgan fingerprint density at radius 3 is 2.38 bits per heavy atom. The van der Waals surface area contributed by atoms with Gasteiger partial charge in [0.05, 0.1) is 0 Å². The second-order valence-corrected chi connectivity index (χ2v) is 10.5. The predicted molar refractivity (Wildman–Crippen MR) is 149 cm³/mol. The zero-order valence-electron chi connectivity index (χ0n) is 22.1. The van der Waals surface area contributed by atoms with Gasteiger partial charge in [0.2, 0.25) is 5.91 Å². The molecule has 0 fully saturated rings. The Kier molecular flexibility index (Phi) is 11.1. The molecule has 9 heteroatoms. The number of alkyl carbamates (subject to hydrolysis) is 1. The number of hydrogen-bond donors (Lipinski definition) is 3. The summed E-state index contributed by atoms with van der Waals surface area (Å²) in [6.07, 6.45) is 3.00. The Morgan fingerprint density at radius 1 is 1.14 bits per heavy atom. The first-order valence-corrected chi connectivity index (χ1v) is 13.4. The summed E-state index contributed by atoms with van der Waals surface area (Å²) < 4.78 is 5.37. The molecule has 37 heavy (non-hydrogen) atoms. The van der Waals surface area contributed by atoms with Crippen molar-refractivity contribution < 1.29 is 24.2 Å². The molecule has 3 amide bonds. The molecule has 8 nitrogen and oxygen atoms in total. The van der Waals surface area contributed by atoms with Gasteiger partial charge in [-0.1, -0.05) is 42.5 Å². The maximum Gasteiger partial charge on any atom is 0.408 e. The average Bonchev–Trinajstić information content (AvgIpc) is 2.82. The fourth-order valence-corrected chi connectivity index (χ4v) is 4.16. The van der Waals surface area contributed by atoms with E-state index in [9.17, 15) is 19.5 Å². The monoisotopic (exact) mass is 527 g/mol. The summed E-state index contributed by atoms with van der Waals surface area (Å²) in [6.45, 7) is 10.8. The molecule has 0 heterocycles. The molecular formula is C28H37N3O5S. The van der Waals surface area contributed by atoms with Crippen LogP contribution in [0, 0.1) is 6.92 Å². The molecule has 2 unspecified atom stereocenters. The van der Waals surface area contributed by atoms with Gasteiger partial charge in [0.15, 0.2) is 0 Å². The molecule has 3 N–H and O–H groups in total. The number of benzene rings is 2. The third kappa shape index (κ3) is 8.86. The van der Waals surface area contributed by atoms with E-state index in [0.717, 1.165) is 5.56 Å². The number of nitrogens with one attached hydrogen (secondary N) is 2. The van der Waals surface area contributed by atoms with E-state index in [4.69, 9.17) is 4.74 Å². The van der Waals surface area contributed by atoms with Crippen LogP contribution in [0.4, 0.5) is 10.5 Å². The van der Waals surface area contributed by atoms with Crippen molar-refractivity contribution in [1.29, 1.82) is 0 Å². The highest BCUT2D eigenvalue weighted by molar-refractivity contribution is 7.98. The van der Waals surface area contributed by atoms with E-state index < -0.39 is 35.6 Å². The normalized spacial score (nSPS) is 12.7.